The van der Waals surface area contributed by atoms with E-state index < -0.39 is 0 Å². The summed E-state index contributed by atoms with van der Waals surface area (Å²) in [5.74, 6) is -0.0393. The highest BCUT2D eigenvalue weighted by atomic mass is 16.5. The van der Waals surface area contributed by atoms with Crippen LogP contribution in [0.4, 0.5) is 0 Å². The van der Waals surface area contributed by atoms with E-state index in [4.69, 9.17) is 15.0 Å². The first-order valence-electron chi connectivity index (χ1n) is 5.07. The van der Waals surface area contributed by atoms with Gasteiger partial charge in [-0.25, -0.2) is 0 Å². The van der Waals surface area contributed by atoms with Crippen LogP contribution < -0.4 is 5.48 Å². The minimum atomic E-state index is -0.386. The summed E-state index contributed by atoms with van der Waals surface area (Å²) in [5.41, 5.74) is 1.80. The molecular weight excluding hydrogens is 210 g/mol. The van der Waals surface area contributed by atoms with Crippen molar-refractivity contribution in [1.29, 1.82) is 5.41 Å². The number of furan rings is 1. The molecule has 0 aliphatic carbocycles. The summed E-state index contributed by atoms with van der Waals surface area (Å²) in [4.78, 5) is 13.5. The van der Waals surface area contributed by atoms with Gasteiger partial charge in [-0.05, 0) is 25.0 Å². The molecule has 1 aliphatic heterocycles. The lowest BCUT2D eigenvalue weighted by Crippen LogP contribution is -2.44. The molecule has 0 radical (unpaired) electrons. The van der Waals surface area contributed by atoms with Gasteiger partial charge in [-0.15, -0.1) is 0 Å². The highest BCUT2D eigenvalue weighted by molar-refractivity contribution is 5.96. The van der Waals surface area contributed by atoms with Crippen molar-refractivity contribution in [3.8, 4) is 0 Å². The van der Waals surface area contributed by atoms with E-state index in [0.29, 0.717) is 13.0 Å². The van der Waals surface area contributed by atoms with E-state index >= 15 is 0 Å². The van der Waals surface area contributed by atoms with Crippen molar-refractivity contribution in [2.75, 3.05) is 6.54 Å². The van der Waals surface area contributed by atoms with Gasteiger partial charge >= 0.3 is 0 Å². The minimum absolute atomic E-state index is 0.0580. The van der Waals surface area contributed by atoms with Gasteiger partial charge in [0.2, 0.25) is 0 Å². The zero-order chi connectivity index (χ0) is 11.5. The monoisotopic (exact) mass is 223 g/mol. The molecule has 2 heterocycles. The lowest BCUT2D eigenvalue weighted by Gasteiger charge is -2.23. The summed E-state index contributed by atoms with van der Waals surface area (Å²) in [6.45, 7) is 0.578. The number of amidine groups is 1. The van der Waals surface area contributed by atoms with E-state index in [2.05, 4.69) is 0 Å². The van der Waals surface area contributed by atoms with Crippen LogP contribution >= 0.6 is 0 Å². The van der Waals surface area contributed by atoms with Gasteiger partial charge in [-0.2, -0.15) is 0 Å². The molecule has 1 fully saturated rings. The van der Waals surface area contributed by atoms with Crippen LogP contribution in [-0.4, -0.2) is 34.4 Å². The topological polar surface area (TPSA) is 89.6 Å². The number of nitrogens with zero attached hydrogens (tertiary/aromatic N) is 1. The first-order chi connectivity index (χ1) is 7.74. The van der Waals surface area contributed by atoms with Gasteiger partial charge < -0.3 is 9.32 Å². The maximum Gasteiger partial charge on any atom is 0.290 e. The third-order valence-electron chi connectivity index (χ3n) is 2.70. The Balaban J connectivity index is 2.14. The Morgan fingerprint density at radius 2 is 2.50 bits per heavy atom. The smallest absolute Gasteiger partial charge is 0.290 e. The van der Waals surface area contributed by atoms with Crippen molar-refractivity contribution in [3.63, 3.8) is 0 Å². The van der Waals surface area contributed by atoms with Gasteiger partial charge in [0.1, 0.15) is 5.84 Å². The summed E-state index contributed by atoms with van der Waals surface area (Å²) >= 11 is 0. The SMILES string of the molecule is N=C(NO)C1CCCN1C(=O)c1ccco1. The van der Waals surface area contributed by atoms with Crippen LogP contribution in [0.3, 0.4) is 0 Å². The molecule has 16 heavy (non-hydrogen) atoms. The molecule has 1 unspecified atom stereocenters. The van der Waals surface area contributed by atoms with Crippen molar-refractivity contribution in [1.82, 2.24) is 10.4 Å². The van der Waals surface area contributed by atoms with Crippen molar-refractivity contribution in [3.05, 3.63) is 24.2 Å². The quantitative estimate of drug-likeness (QED) is 0.393. The Hall–Kier alpha value is -1.82. The Labute approximate surface area is 92.3 Å². The Kier molecular flexibility index (Phi) is 2.91. The van der Waals surface area contributed by atoms with E-state index in [-0.39, 0.29) is 23.5 Å². The average Bonchev–Trinajstić information content (AvgIpc) is 2.97. The van der Waals surface area contributed by atoms with Crippen LogP contribution in [0.5, 0.6) is 0 Å². The largest absolute Gasteiger partial charge is 0.459 e. The fraction of sp³-hybridized carbons (Fsp3) is 0.400. The molecule has 1 aromatic rings. The number of likely N-dealkylation sites (tertiary alicyclic amines) is 1. The third-order valence-corrected chi connectivity index (χ3v) is 2.70. The number of hydrogen-bond acceptors (Lipinski definition) is 4. The molecule has 0 saturated carbocycles. The number of rotatable bonds is 2. The predicted molar refractivity (Wildman–Crippen MR) is 55.4 cm³/mol. The van der Waals surface area contributed by atoms with Crippen molar-refractivity contribution < 1.29 is 14.4 Å². The van der Waals surface area contributed by atoms with Gasteiger partial charge in [-0.1, -0.05) is 0 Å². The third kappa shape index (κ3) is 1.79. The summed E-state index contributed by atoms with van der Waals surface area (Å²) in [5, 5.41) is 16.2. The number of hydroxylamine groups is 1. The fourth-order valence-electron chi connectivity index (χ4n) is 1.93. The van der Waals surface area contributed by atoms with E-state index in [1.165, 1.54) is 11.2 Å². The molecule has 2 rings (SSSR count). The number of hydrogen-bond donors (Lipinski definition) is 3. The highest BCUT2D eigenvalue weighted by Crippen LogP contribution is 2.20. The Bertz CT molecular complexity index is 388. The van der Waals surface area contributed by atoms with Crippen LogP contribution in [0.1, 0.15) is 23.4 Å². The lowest BCUT2D eigenvalue weighted by molar-refractivity contribution is 0.0730. The molecule has 1 aromatic heterocycles. The second-order valence-electron chi connectivity index (χ2n) is 3.66. The lowest BCUT2D eigenvalue weighted by atomic mass is 10.2. The number of amides is 1. The van der Waals surface area contributed by atoms with Crippen molar-refractivity contribution >= 4 is 11.7 Å². The van der Waals surface area contributed by atoms with Crippen LogP contribution in [0, 0.1) is 5.41 Å². The molecule has 3 N–H and O–H groups in total. The van der Waals surface area contributed by atoms with Crippen molar-refractivity contribution in [2.45, 2.75) is 18.9 Å². The van der Waals surface area contributed by atoms with Crippen LogP contribution in [0.15, 0.2) is 22.8 Å². The molecule has 86 valence electrons. The maximum absolute atomic E-state index is 12.0. The molecule has 0 bridgehead atoms. The molecule has 1 amide bonds. The number of carbonyl (C=O) groups excluding carboxylic acids is 1. The molecule has 0 spiro atoms. The van der Waals surface area contributed by atoms with Gasteiger partial charge in [-0.3, -0.25) is 20.9 Å². The molecule has 1 aliphatic rings. The van der Waals surface area contributed by atoms with Gasteiger partial charge in [0.05, 0.1) is 12.3 Å². The van der Waals surface area contributed by atoms with Crippen LogP contribution in [0.2, 0.25) is 0 Å². The van der Waals surface area contributed by atoms with Gasteiger partial charge in [0, 0.05) is 6.54 Å². The number of nitrogens with one attached hydrogen (secondary N) is 2. The van der Waals surface area contributed by atoms with E-state index in [9.17, 15) is 4.79 Å². The summed E-state index contributed by atoms with van der Waals surface area (Å²) < 4.78 is 5.02. The molecule has 1 atom stereocenters. The van der Waals surface area contributed by atoms with Crippen LogP contribution in [0.25, 0.3) is 0 Å². The second kappa shape index (κ2) is 4.36. The number of carbonyl (C=O) groups is 1. The van der Waals surface area contributed by atoms with E-state index in [1.807, 2.05) is 0 Å². The molecule has 6 heteroatoms. The zero-order valence-corrected chi connectivity index (χ0v) is 8.64. The van der Waals surface area contributed by atoms with Gasteiger partial charge in [0.15, 0.2) is 5.76 Å². The first-order valence-corrected chi connectivity index (χ1v) is 5.07. The maximum atomic E-state index is 12.0. The molecule has 0 aromatic carbocycles. The van der Waals surface area contributed by atoms with Gasteiger partial charge in [0.25, 0.3) is 5.91 Å². The molecular formula is C10H13N3O3. The average molecular weight is 223 g/mol. The summed E-state index contributed by atoms with van der Waals surface area (Å²) in [7, 11) is 0. The van der Waals surface area contributed by atoms with Crippen LogP contribution in [-0.2, 0) is 0 Å². The second-order valence-corrected chi connectivity index (χ2v) is 3.66. The minimum Gasteiger partial charge on any atom is -0.459 e. The fourth-order valence-corrected chi connectivity index (χ4v) is 1.93. The van der Waals surface area contributed by atoms with Crippen molar-refractivity contribution in [2.24, 2.45) is 0 Å². The summed E-state index contributed by atoms with van der Waals surface area (Å²) in [6.07, 6.45) is 2.94. The molecule has 1 saturated heterocycles. The molecule has 6 nitrogen and oxygen atoms in total. The Morgan fingerprint density at radius 3 is 3.12 bits per heavy atom. The van der Waals surface area contributed by atoms with E-state index in [1.54, 1.807) is 17.6 Å². The van der Waals surface area contributed by atoms with E-state index in [0.717, 1.165) is 6.42 Å². The standard InChI is InChI=1S/C10H13N3O3/c11-9(12-15)7-3-1-5-13(7)10(14)8-4-2-6-16-8/h2,4,6-7,15H,1,3,5H2,(H2,11,12). The zero-order valence-electron chi connectivity index (χ0n) is 8.64. The predicted octanol–water partition coefficient (Wildman–Crippen LogP) is 0.840. The Morgan fingerprint density at radius 1 is 1.69 bits per heavy atom. The first kappa shape index (κ1) is 10.7. The summed E-state index contributed by atoms with van der Waals surface area (Å²) in [6, 6.07) is 2.85. The normalized spacial score (nSPS) is 19.8. The highest BCUT2D eigenvalue weighted by Gasteiger charge is 2.33.